The first-order chi connectivity index (χ1) is 5.97. The molecule has 0 amide bonds. The number of nitrogens with zero attached hydrogens (tertiary/aromatic N) is 4. The van der Waals surface area contributed by atoms with Crippen LogP contribution in [0.1, 0.15) is 24.5 Å². The topological polar surface area (TPSA) is 60.7 Å². The molecule has 0 bridgehead atoms. The highest BCUT2D eigenvalue weighted by Crippen LogP contribution is 2.24. The zero-order valence-corrected chi connectivity index (χ0v) is 8.92. The van der Waals surface area contributed by atoms with Crippen molar-refractivity contribution in [2.75, 3.05) is 6.26 Å². The van der Waals surface area contributed by atoms with Crippen LogP contribution in [-0.2, 0) is 7.05 Å². The van der Waals surface area contributed by atoms with Crippen molar-refractivity contribution in [3.63, 3.8) is 0 Å². The first-order valence-corrected chi connectivity index (χ1v) is 5.04. The Labute approximate surface area is 80.9 Å². The predicted octanol–water partition coefficient (Wildman–Crippen LogP) is 0.534. The second kappa shape index (κ2) is 3.45. The molecule has 1 aromatic rings. The van der Waals surface area contributed by atoms with Crippen molar-refractivity contribution in [2.45, 2.75) is 18.6 Å². The molecule has 0 unspecified atom stereocenters. The van der Waals surface area contributed by atoms with Gasteiger partial charge in [-0.15, -0.1) is 10.2 Å². The summed E-state index contributed by atoms with van der Waals surface area (Å²) < 4.78 is -0.483. The molecular formula is C7H12N4OS. The number of Topliss-reactive ketones (excluding diaryl/α,β-unsaturated/α-hetero) is 1. The monoisotopic (exact) mass is 200 g/mol. The summed E-state index contributed by atoms with van der Waals surface area (Å²) in [5.74, 6) is 0.0925. The van der Waals surface area contributed by atoms with Crippen LogP contribution in [-0.4, -0.2) is 37.0 Å². The van der Waals surface area contributed by atoms with E-state index in [9.17, 15) is 4.79 Å². The Morgan fingerprint density at radius 3 is 2.54 bits per heavy atom. The molecule has 0 radical (unpaired) electrons. The number of tetrazole rings is 1. The molecule has 1 heterocycles. The first-order valence-electron chi connectivity index (χ1n) is 3.81. The third-order valence-electron chi connectivity index (χ3n) is 1.77. The van der Waals surface area contributed by atoms with Gasteiger partial charge in [0.25, 0.3) is 0 Å². The average molecular weight is 200 g/mol. The molecule has 0 fully saturated rings. The number of ketones is 1. The quantitative estimate of drug-likeness (QED) is 0.666. The maximum absolute atomic E-state index is 11.7. The number of carbonyl (C=O) groups is 1. The van der Waals surface area contributed by atoms with Crippen LogP contribution in [0.15, 0.2) is 0 Å². The van der Waals surface area contributed by atoms with E-state index in [-0.39, 0.29) is 11.6 Å². The van der Waals surface area contributed by atoms with Crippen molar-refractivity contribution in [2.24, 2.45) is 7.05 Å². The third kappa shape index (κ3) is 2.06. The van der Waals surface area contributed by atoms with Crippen LogP contribution < -0.4 is 0 Å². The number of thioether (sulfide) groups is 1. The van der Waals surface area contributed by atoms with Crippen molar-refractivity contribution in [3.8, 4) is 0 Å². The molecule has 0 spiro atoms. The predicted molar refractivity (Wildman–Crippen MR) is 50.7 cm³/mol. The Hall–Kier alpha value is -0.910. The fourth-order valence-corrected chi connectivity index (χ4v) is 1.01. The molecule has 0 aliphatic heterocycles. The minimum absolute atomic E-state index is 0.0897. The lowest BCUT2D eigenvalue weighted by molar-refractivity contribution is 0.0947. The molecular weight excluding hydrogens is 188 g/mol. The second-order valence-electron chi connectivity index (χ2n) is 3.15. The normalized spacial score (nSPS) is 11.7. The summed E-state index contributed by atoms with van der Waals surface area (Å²) in [4.78, 5) is 13.0. The lowest BCUT2D eigenvalue weighted by Gasteiger charge is -2.17. The van der Waals surface area contributed by atoms with Crippen LogP contribution >= 0.6 is 11.8 Å². The summed E-state index contributed by atoms with van der Waals surface area (Å²) >= 11 is 1.47. The van der Waals surface area contributed by atoms with Crippen molar-refractivity contribution in [3.05, 3.63) is 5.82 Å². The van der Waals surface area contributed by atoms with Gasteiger partial charge in [-0.1, -0.05) is 0 Å². The SMILES string of the molecule is CSC(C)(C)C(=O)c1nnn(C)n1. The number of aromatic nitrogens is 4. The highest BCUT2D eigenvalue weighted by Gasteiger charge is 2.30. The van der Waals surface area contributed by atoms with E-state index in [0.717, 1.165) is 0 Å². The fraction of sp³-hybridized carbons (Fsp3) is 0.714. The van der Waals surface area contributed by atoms with E-state index in [1.54, 1.807) is 7.05 Å². The van der Waals surface area contributed by atoms with Crippen LogP contribution in [0.3, 0.4) is 0 Å². The molecule has 1 rings (SSSR count). The van der Waals surface area contributed by atoms with Crippen LogP contribution in [0, 0.1) is 0 Å². The minimum atomic E-state index is -0.483. The van der Waals surface area contributed by atoms with E-state index < -0.39 is 4.75 Å². The van der Waals surface area contributed by atoms with Gasteiger partial charge in [0.2, 0.25) is 11.6 Å². The molecule has 0 saturated heterocycles. The molecule has 0 aromatic carbocycles. The number of carbonyl (C=O) groups excluding carboxylic acids is 1. The second-order valence-corrected chi connectivity index (χ2v) is 4.57. The largest absolute Gasteiger partial charge is 0.289 e. The zero-order valence-electron chi connectivity index (χ0n) is 8.11. The summed E-state index contributed by atoms with van der Waals surface area (Å²) in [6, 6.07) is 0. The van der Waals surface area contributed by atoms with E-state index in [1.165, 1.54) is 16.6 Å². The summed E-state index contributed by atoms with van der Waals surface area (Å²) in [5, 5.41) is 11.1. The first kappa shape index (κ1) is 10.2. The average Bonchev–Trinajstić information content (AvgIpc) is 2.50. The van der Waals surface area contributed by atoms with Crippen molar-refractivity contribution < 1.29 is 4.79 Å². The lowest BCUT2D eigenvalue weighted by Crippen LogP contribution is -2.28. The molecule has 0 atom stereocenters. The van der Waals surface area contributed by atoms with E-state index in [1.807, 2.05) is 20.1 Å². The van der Waals surface area contributed by atoms with Gasteiger partial charge in [-0.2, -0.15) is 16.6 Å². The standard InChI is InChI=1S/C7H12N4OS/c1-7(2,13-4)5(12)6-8-10-11(3)9-6/h1-4H3. The maximum Gasteiger partial charge on any atom is 0.241 e. The van der Waals surface area contributed by atoms with E-state index in [2.05, 4.69) is 15.4 Å². The Bertz CT molecular complexity index is 320. The summed E-state index contributed by atoms with van der Waals surface area (Å²) in [6.45, 7) is 3.69. The Balaban J connectivity index is 2.91. The Morgan fingerprint density at radius 1 is 1.54 bits per heavy atom. The van der Waals surface area contributed by atoms with Crippen molar-refractivity contribution >= 4 is 17.5 Å². The molecule has 0 N–H and O–H groups in total. The van der Waals surface area contributed by atoms with Gasteiger partial charge in [0.1, 0.15) is 0 Å². The van der Waals surface area contributed by atoms with Crippen LogP contribution in [0.2, 0.25) is 0 Å². The molecule has 1 aromatic heterocycles. The highest BCUT2D eigenvalue weighted by atomic mass is 32.2. The number of hydrogen-bond acceptors (Lipinski definition) is 5. The molecule has 0 aliphatic rings. The van der Waals surface area contributed by atoms with Crippen molar-refractivity contribution in [1.82, 2.24) is 20.2 Å². The molecule has 0 aliphatic carbocycles. The third-order valence-corrected chi connectivity index (χ3v) is 2.97. The zero-order chi connectivity index (χ0) is 10.1. The van der Waals surface area contributed by atoms with Crippen LogP contribution in [0.4, 0.5) is 0 Å². The maximum atomic E-state index is 11.7. The van der Waals surface area contributed by atoms with Gasteiger partial charge in [0.05, 0.1) is 11.8 Å². The van der Waals surface area contributed by atoms with Gasteiger partial charge in [0.15, 0.2) is 0 Å². The summed E-state index contributed by atoms with van der Waals surface area (Å²) in [5.41, 5.74) is 0. The summed E-state index contributed by atoms with van der Waals surface area (Å²) in [7, 11) is 1.63. The smallest absolute Gasteiger partial charge is 0.241 e. The van der Waals surface area contributed by atoms with Gasteiger partial charge in [-0.05, 0) is 25.3 Å². The fourth-order valence-electron chi connectivity index (χ4n) is 0.737. The highest BCUT2D eigenvalue weighted by molar-refractivity contribution is 8.00. The van der Waals surface area contributed by atoms with Gasteiger partial charge in [0, 0.05) is 0 Å². The summed E-state index contributed by atoms with van der Waals surface area (Å²) in [6.07, 6.45) is 1.88. The molecule has 13 heavy (non-hydrogen) atoms. The van der Waals surface area contributed by atoms with Crippen LogP contribution in [0.5, 0.6) is 0 Å². The van der Waals surface area contributed by atoms with Gasteiger partial charge < -0.3 is 0 Å². The van der Waals surface area contributed by atoms with Crippen molar-refractivity contribution in [1.29, 1.82) is 0 Å². The van der Waals surface area contributed by atoms with Gasteiger partial charge in [-0.3, -0.25) is 4.79 Å². The Morgan fingerprint density at radius 2 is 2.15 bits per heavy atom. The minimum Gasteiger partial charge on any atom is -0.289 e. The molecule has 72 valence electrons. The van der Waals surface area contributed by atoms with Crippen LogP contribution in [0.25, 0.3) is 0 Å². The van der Waals surface area contributed by atoms with Gasteiger partial charge in [-0.25, -0.2) is 0 Å². The number of rotatable bonds is 3. The molecule has 6 heteroatoms. The number of aryl methyl sites for hydroxylation is 1. The van der Waals surface area contributed by atoms with Gasteiger partial charge >= 0.3 is 0 Å². The van der Waals surface area contributed by atoms with E-state index in [0.29, 0.717) is 0 Å². The van der Waals surface area contributed by atoms with E-state index in [4.69, 9.17) is 0 Å². The lowest BCUT2D eigenvalue weighted by atomic mass is 10.1. The molecule has 0 saturated carbocycles. The number of hydrogen-bond donors (Lipinski definition) is 0. The Kier molecular flexibility index (Phi) is 2.70. The molecule has 5 nitrogen and oxygen atoms in total. The van der Waals surface area contributed by atoms with E-state index >= 15 is 0 Å².